The molecule has 1 aromatic rings. The number of piperazine rings is 1. The Morgan fingerprint density at radius 2 is 1.84 bits per heavy atom. The van der Waals surface area contributed by atoms with Crippen LogP contribution in [-0.4, -0.2) is 60.9 Å². The highest BCUT2D eigenvalue weighted by Crippen LogP contribution is 2.16. The summed E-state index contributed by atoms with van der Waals surface area (Å²) in [5.41, 5.74) is 0.932. The average molecular weight is 364 g/mol. The van der Waals surface area contributed by atoms with Gasteiger partial charge in [0, 0.05) is 37.6 Å². The van der Waals surface area contributed by atoms with Gasteiger partial charge in [-0.25, -0.2) is 0 Å². The molecule has 25 heavy (non-hydrogen) atoms. The molecule has 0 saturated carbocycles. The zero-order valence-corrected chi connectivity index (χ0v) is 15.3. The SMILES string of the molecule is O=C(CCC1CCNC1)N1CCN(C(=O)Cc2cccc(Cl)c2)CC1. The molecule has 1 unspecified atom stereocenters. The van der Waals surface area contributed by atoms with Crippen molar-refractivity contribution in [1.29, 1.82) is 0 Å². The monoisotopic (exact) mass is 363 g/mol. The summed E-state index contributed by atoms with van der Waals surface area (Å²) in [5.74, 6) is 0.977. The van der Waals surface area contributed by atoms with Gasteiger partial charge in [-0.2, -0.15) is 0 Å². The first-order chi connectivity index (χ1) is 12.1. The van der Waals surface area contributed by atoms with E-state index < -0.39 is 0 Å². The number of hydrogen-bond acceptors (Lipinski definition) is 3. The number of carbonyl (C=O) groups is 2. The number of halogens is 1. The van der Waals surface area contributed by atoms with Gasteiger partial charge in [-0.15, -0.1) is 0 Å². The Bertz CT molecular complexity index is 608. The molecule has 0 aromatic heterocycles. The summed E-state index contributed by atoms with van der Waals surface area (Å²) >= 11 is 5.97. The molecular formula is C19H26ClN3O2. The van der Waals surface area contributed by atoms with Crippen LogP contribution in [0.1, 0.15) is 24.8 Å². The molecule has 2 fully saturated rings. The van der Waals surface area contributed by atoms with Gasteiger partial charge in [0.15, 0.2) is 0 Å². The van der Waals surface area contributed by atoms with Crippen LogP contribution in [0.3, 0.4) is 0 Å². The van der Waals surface area contributed by atoms with Crippen molar-refractivity contribution >= 4 is 23.4 Å². The lowest BCUT2D eigenvalue weighted by Gasteiger charge is -2.35. The molecule has 6 heteroatoms. The van der Waals surface area contributed by atoms with E-state index in [1.807, 2.05) is 34.1 Å². The van der Waals surface area contributed by atoms with Crippen LogP contribution in [0.25, 0.3) is 0 Å². The maximum atomic E-state index is 12.4. The third-order valence-electron chi connectivity index (χ3n) is 5.16. The molecule has 2 aliphatic heterocycles. The van der Waals surface area contributed by atoms with Crippen LogP contribution in [0, 0.1) is 5.92 Å². The third-order valence-corrected chi connectivity index (χ3v) is 5.39. The van der Waals surface area contributed by atoms with Crippen LogP contribution >= 0.6 is 11.6 Å². The van der Waals surface area contributed by atoms with Crippen LogP contribution in [0.5, 0.6) is 0 Å². The minimum atomic E-state index is 0.103. The zero-order chi connectivity index (χ0) is 17.6. The van der Waals surface area contributed by atoms with E-state index in [1.165, 1.54) is 6.42 Å². The van der Waals surface area contributed by atoms with E-state index in [1.54, 1.807) is 0 Å². The number of rotatable bonds is 5. The van der Waals surface area contributed by atoms with Gasteiger partial charge in [0.1, 0.15) is 0 Å². The van der Waals surface area contributed by atoms with Gasteiger partial charge in [0.25, 0.3) is 0 Å². The summed E-state index contributed by atoms with van der Waals surface area (Å²) < 4.78 is 0. The molecular weight excluding hydrogens is 338 g/mol. The third kappa shape index (κ3) is 5.19. The highest BCUT2D eigenvalue weighted by atomic mass is 35.5. The molecule has 2 saturated heterocycles. The van der Waals surface area contributed by atoms with E-state index in [0.717, 1.165) is 25.1 Å². The van der Waals surface area contributed by atoms with E-state index in [0.29, 0.717) is 50.0 Å². The van der Waals surface area contributed by atoms with Gasteiger partial charge >= 0.3 is 0 Å². The maximum absolute atomic E-state index is 12.4. The van der Waals surface area contributed by atoms with Crippen LogP contribution in [0.2, 0.25) is 5.02 Å². The number of amides is 2. The van der Waals surface area contributed by atoms with Crippen molar-refractivity contribution in [3.8, 4) is 0 Å². The second kappa shape index (κ2) is 8.68. The van der Waals surface area contributed by atoms with Crippen molar-refractivity contribution in [3.05, 3.63) is 34.9 Å². The highest BCUT2D eigenvalue weighted by molar-refractivity contribution is 6.30. The predicted octanol–water partition coefficient (Wildman–Crippen LogP) is 1.94. The summed E-state index contributed by atoms with van der Waals surface area (Å²) in [6.07, 6.45) is 3.14. The number of nitrogens with one attached hydrogen (secondary N) is 1. The van der Waals surface area contributed by atoms with Crippen molar-refractivity contribution in [2.24, 2.45) is 5.92 Å². The number of hydrogen-bond donors (Lipinski definition) is 1. The number of carbonyl (C=O) groups excluding carboxylic acids is 2. The first-order valence-corrected chi connectivity index (χ1v) is 9.50. The Morgan fingerprint density at radius 3 is 2.48 bits per heavy atom. The lowest BCUT2D eigenvalue weighted by Crippen LogP contribution is -2.51. The Labute approximate surface area is 154 Å². The molecule has 3 rings (SSSR count). The van der Waals surface area contributed by atoms with Crippen LogP contribution in [-0.2, 0) is 16.0 Å². The van der Waals surface area contributed by atoms with Gasteiger partial charge in [-0.05, 0) is 49.5 Å². The highest BCUT2D eigenvalue weighted by Gasteiger charge is 2.25. The van der Waals surface area contributed by atoms with Gasteiger partial charge in [0.2, 0.25) is 11.8 Å². The van der Waals surface area contributed by atoms with Crippen molar-refractivity contribution in [2.45, 2.75) is 25.7 Å². The molecule has 136 valence electrons. The Kier molecular flexibility index (Phi) is 6.32. The molecule has 1 atom stereocenters. The normalized spacial score (nSPS) is 20.8. The summed E-state index contributed by atoms with van der Waals surface area (Å²) in [6.45, 7) is 4.64. The fourth-order valence-electron chi connectivity index (χ4n) is 3.59. The lowest BCUT2D eigenvalue weighted by atomic mass is 10.0. The van der Waals surface area contributed by atoms with E-state index in [9.17, 15) is 9.59 Å². The van der Waals surface area contributed by atoms with Crippen molar-refractivity contribution < 1.29 is 9.59 Å². The number of benzene rings is 1. The van der Waals surface area contributed by atoms with Crippen LogP contribution in [0.4, 0.5) is 0 Å². The average Bonchev–Trinajstić information content (AvgIpc) is 3.13. The van der Waals surface area contributed by atoms with Gasteiger partial charge in [-0.1, -0.05) is 23.7 Å². The van der Waals surface area contributed by atoms with Crippen molar-refractivity contribution in [1.82, 2.24) is 15.1 Å². The minimum absolute atomic E-state index is 0.103. The molecule has 1 N–H and O–H groups in total. The van der Waals surface area contributed by atoms with Crippen LogP contribution in [0.15, 0.2) is 24.3 Å². The Morgan fingerprint density at radius 1 is 1.12 bits per heavy atom. The zero-order valence-electron chi connectivity index (χ0n) is 14.5. The Hall–Kier alpha value is -1.59. The molecule has 1 aromatic carbocycles. The summed E-state index contributed by atoms with van der Waals surface area (Å²) in [4.78, 5) is 28.5. The fourth-order valence-corrected chi connectivity index (χ4v) is 3.80. The molecule has 2 amide bonds. The Balaban J connectivity index is 1.41. The quantitative estimate of drug-likeness (QED) is 0.869. The summed E-state index contributed by atoms with van der Waals surface area (Å²) in [6, 6.07) is 7.42. The van der Waals surface area contributed by atoms with Crippen molar-refractivity contribution in [2.75, 3.05) is 39.3 Å². The van der Waals surface area contributed by atoms with E-state index in [2.05, 4.69) is 5.32 Å². The molecule has 2 aliphatic rings. The topological polar surface area (TPSA) is 52.7 Å². The van der Waals surface area contributed by atoms with Crippen molar-refractivity contribution in [3.63, 3.8) is 0 Å². The lowest BCUT2D eigenvalue weighted by molar-refractivity contribution is -0.139. The summed E-state index contributed by atoms with van der Waals surface area (Å²) in [7, 11) is 0. The van der Waals surface area contributed by atoms with Gasteiger partial charge in [-0.3, -0.25) is 9.59 Å². The van der Waals surface area contributed by atoms with Gasteiger partial charge in [0.05, 0.1) is 6.42 Å². The summed E-state index contributed by atoms with van der Waals surface area (Å²) in [5, 5.41) is 3.99. The second-order valence-corrected chi connectivity index (χ2v) is 7.40. The molecule has 0 aliphatic carbocycles. The molecule has 2 heterocycles. The first kappa shape index (κ1) is 18.2. The fraction of sp³-hybridized carbons (Fsp3) is 0.579. The maximum Gasteiger partial charge on any atom is 0.227 e. The number of nitrogens with zero attached hydrogens (tertiary/aromatic N) is 2. The smallest absolute Gasteiger partial charge is 0.227 e. The molecule has 0 radical (unpaired) electrons. The molecule has 5 nitrogen and oxygen atoms in total. The van der Waals surface area contributed by atoms with E-state index in [4.69, 9.17) is 11.6 Å². The van der Waals surface area contributed by atoms with E-state index in [-0.39, 0.29) is 11.8 Å². The van der Waals surface area contributed by atoms with E-state index >= 15 is 0 Å². The minimum Gasteiger partial charge on any atom is -0.339 e. The van der Waals surface area contributed by atoms with Crippen LogP contribution < -0.4 is 5.32 Å². The molecule has 0 bridgehead atoms. The second-order valence-electron chi connectivity index (χ2n) is 6.97. The molecule has 0 spiro atoms. The largest absolute Gasteiger partial charge is 0.339 e. The first-order valence-electron chi connectivity index (χ1n) is 9.12. The predicted molar refractivity (Wildman–Crippen MR) is 98.5 cm³/mol. The van der Waals surface area contributed by atoms with Gasteiger partial charge < -0.3 is 15.1 Å². The standard InChI is InChI=1S/C19H26ClN3O2/c20-17-3-1-2-16(12-17)13-19(25)23-10-8-22(9-11-23)18(24)5-4-15-6-7-21-14-15/h1-3,12,15,21H,4-11,13-14H2.